The van der Waals surface area contributed by atoms with Crippen LogP contribution < -0.4 is 5.32 Å². The number of quaternary nitrogens is 1. The molecule has 1 rings (SSSR count). The predicted molar refractivity (Wildman–Crippen MR) is 79.6 cm³/mol. The summed E-state index contributed by atoms with van der Waals surface area (Å²) in [6, 6.07) is 0. The lowest BCUT2D eigenvalue weighted by molar-refractivity contribution is -0.662. The molecule has 1 fully saturated rings. The number of nitrogens with two attached hydrogens (primary N) is 1. The number of rotatable bonds is 4. The van der Waals surface area contributed by atoms with E-state index in [1.165, 1.54) is 32.4 Å². The smallest absolute Gasteiger partial charge is 0.0755 e. The van der Waals surface area contributed by atoms with Crippen LogP contribution in [0, 0.1) is 0 Å². The van der Waals surface area contributed by atoms with Gasteiger partial charge in [0, 0.05) is 0 Å². The minimum atomic E-state index is -2.39. The predicted octanol–water partition coefficient (Wildman–Crippen LogP) is 2.34. The number of hydrogen-bond acceptors (Lipinski definition) is 4. The molecule has 1 aliphatic heterocycles. The molecule has 1 aliphatic rings. The van der Waals surface area contributed by atoms with Crippen molar-refractivity contribution in [1.29, 1.82) is 0 Å². The molecule has 0 unspecified atom stereocenters. The Kier molecular flexibility index (Phi) is 10.3. The Labute approximate surface area is 116 Å². The summed E-state index contributed by atoms with van der Waals surface area (Å²) in [5.74, 6) is 0. The van der Waals surface area contributed by atoms with Crippen LogP contribution in [0.25, 0.3) is 0 Å². The van der Waals surface area contributed by atoms with Crippen molar-refractivity contribution in [3.05, 3.63) is 0 Å². The average molecular weight is 299 g/mol. The van der Waals surface area contributed by atoms with Crippen LogP contribution in [0.3, 0.4) is 0 Å². The first kappa shape index (κ1) is 17.9. The Morgan fingerprint density at radius 1 is 1.00 bits per heavy atom. The van der Waals surface area contributed by atoms with E-state index in [2.05, 4.69) is 5.32 Å². The summed E-state index contributed by atoms with van der Waals surface area (Å²) in [6.07, 6.45) is 4.46. The van der Waals surface area contributed by atoms with E-state index in [1.54, 1.807) is 0 Å². The Balaban J connectivity index is 0.000000354. The second-order valence-corrected chi connectivity index (χ2v) is 9.58. The van der Waals surface area contributed by atoms with E-state index in [1.807, 2.05) is 27.7 Å². The molecule has 0 aromatic heterocycles. The first-order valence-electron chi connectivity index (χ1n) is 6.33. The third kappa shape index (κ3) is 13.1. The first-order valence-corrected chi connectivity index (χ1v) is 9.98. The van der Waals surface area contributed by atoms with Crippen molar-refractivity contribution in [1.82, 2.24) is 0 Å². The maximum Gasteiger partial charge on any atom is 0.0755 e. The zero-order valence-corrected chi connectivity index (χ0v) is 13.9. The van der Waals surface area contributed by atoms with Gasteiger partial charge in [-0.2, -0.15) is 0 Å². The maximum absolute atomic E-state index is 5.27. The van der Waals surface area contributed by atoms with E-state index in [9.17, 15) is 0 Å². The third-order valence-corrected chi connectivity index (χ3v) is 4.39. The Morgan fingerprint density at radius 3 is 1.59 bits per heavy atom. The summed E-state index contributed by atoms with van der Waals surface area (Å²) in [7, 11) is 0. The molecule has 17 heavy (non-hydrogen) atoms. The molecule has 1 heterocycles. The minimum Gasteiger partial charge on any atom is -0.691 e. The first-order chi connectivity index (χ1) is 7.83. The second-order valence-electron chi connectivity index (χ2n) is 4.68. The van der Waals surface area contributed by atoms with Crippen molar-refractivity contribution in [2.45, 2.75) is 59.2 Å². The molecular weight excluding hydrogens is 273 g/mol. The molecule has 6 heteroatoms. The van der Waals surface area contributed by atoms with Crippen LogP contribution in [0.4, 0.5) is 0 Å². The molecule has 0 bridgehead atoms. The lowest BCUT2D eigenvalue weighted by atomic mass is 10.2. The topological polar surface area (TPSA) is 35.1 Å². The molecule has 0 saturated carbocycles. The van der Waals surface area contributed by atoms with E-state index < -0.39 is 5.69 Å². The second kappa shape index (κ2) is 9.76. The fourth-order valence-electron chi connectivity index (χ4n) is 1.44. The highest BCUT2D eigenvalue weighted by Crippen LogP contribution is 2.48. The van der Waals surface area contributed by atoms with Crippen molar-refractivity contribution >= 4 is 29.7 Å². The zero-order valence-electron chi connectivity index (χ0n) is 11.3. The third-order valence-electron chi connectivity index (χ3n) is 2.00. The average Bonchev–Trinajstić information content (AvgIpc) is 2.16. The van der Waals surface area contributed by atoms with E-state index in [-0.39, 0.29) is 12.2 Å². The maximum atomic E-state index is 5.27. The molecule has 104 valence electrons. The molecule has 0 spiro atoms. The minimum absolute atomic E-state index is 0.0529. The van der Waals surface area contributed by atoms with Gasteiger partial charge in [-0.1, -0.05) is 11.8 Å². The highest BCUT2D eigenvalue weighted by atomic mass is 32.9. The van der Waals surface area contributed by atoms with E-state index >= 15 is 0 Å². The van der Waals surface area contributed by atoms with Crippen molar-refractivity contribution < 1.29 is 14.4 Å². The fraction of sp³-hybridized carbons (Fsp3) is 1.00. The Morgan fingerprint density at radius 2 is 1.41 bits per heavy atom. The van der Waals surface area contributed by atoms with Gasteiger partial charge in [-0.3, -0.25) is 0 Å². The van der Waals surface area contributed by atoms with Gasteiger partial charge in [-0.15, -0.1) is 0 Å². The SMILES string of the molecule is C1CC[NH2+]CC1.CC(C)OP(=S)([S-])OC(C)C. The summed E-state index contributed by atoms with van der Waals surface area (Å²) < 4.78 is 10.5. The van der Waals surface area contributed by atoms with Crippen LogP contribution in [0.15, 0.2) is 0 Å². The van der Waals surface area contributed by atoms with Crippen molar-refractivity contribution in [3.63, 3.8) is 0 Å². The van der Waals surface area contributed by atoms with Gasteiger partial charge >= 0.3 is 0 Å². The van der Waals surface area contributed by atoms with Gasteiger partial charge in [-0.25, -0.2) is 0 Å². The van der Waals surface area contributed by atoms with Gasteiger partial charge in [0.2, 0.25) is 0 Å². The molecular formula is C11H26NO2PS2. The van der Waals surface area contributed by atoms with Crippen molar-refractivity contribution in [2.75, 3.05) is 13.1 Å². The summed E-state index contributed by atoms with van der Waals surface area (Å²) in [4.78, 5) is 0. The molecule has 0 atom stereocenters. The van der Waals surface area contributed by atoms with Crippen LogP contribution >= 0.6 is 5.69 Å². The quantitative estimate of drug-likeness (QED) is 0.638. The monoisotopic (exact) mass is 299 g/mol. The zero-order chi connectivity index (χ0) is 13.3. The summed E-state index contributed by atoms with van der Waals surface area (Å²) in [5, 5.41) is 2.39. The Bertz CT molecular complexity index is 208. The van der Waals surface area contributed by atoms with E-state index in [0.717, 1.165) is 0 Å². The standard InChI is InChI=1S/C6H15O2PS2.C5H11N/c1-5(2)7-9(10,11)8-6(3)4;1-2-4-6-5-3-1/h5-6H,1-4H3,(H,10,11);6H,1-5H2. The lowest BCUT2D eigenvalue weighted by Crippen LogP contribution is -2.85. The van der Waals surface area contributed by atoms with Crippen LogP contribution in [0.1, 0.15) is 47.0 Å². The molecule has 3 nitrogen and oxygen atoms in total. The van der Waals surface area contributed by atoms with E-state index in [0.29, 0.717) is 0 Å². The molecule has 0 aliphatic carbocycles. The van der Waals surface area contributed by atoms with Gasteiger partial charge in [0.1, 0.15) is 0 Å². The Hall–Kier alpha value is 0.880. The van der Waals surface area contributed by atoms with E-state index in [4.69, 9.17) is 33.1 Å². The van der Waals surface area contributed by atoms with Crippen molar-refractivity contribution in [2.24, 2.45) is 0 Å². The molecule has 0 aromatic rings. The van der Waals surface area contributed by atoms with Crippen LogP contribution in [-0.2, 0) is 33.1 Å². The molecule has 0 aromatic carbocycles. The normalized spacial score (nSPS) is 16.9. The molecule has 2 N–H and O–H groups in total. The highest BCUT2D eigenvalue weighted by Gasteiger charge is 2.06. The largest absolute Gasteiger partial charge is 0.691 e. The van der Waals surface area contributed by atoms with Gasteiger partial charge in [0.15, 0.2) is 0 Å². The van der Waals surface area contributed by atoms with Gasteiger partial charge in [-0.05, 0) is 47.0 Å². The lowest BCUT2D eigenvalue weighted by Gasteiger charge is -2.31. The van der Waals surface area contributed by atoms with Gasteiger partial charge in [0.05, 0.1) is 31.0 Å². The highest BCUT2D eigenvalue weighted by molar-refractivity contribution is 8.51. The van der Waals surface area contributed by atoms with Crippen LogP contribution in [0.5, 0.6) is 0 Å². The van der Waals surface area contributed by atoms with Crippen LogP contribution in [-0.4, -0.2) is 25.3 Å². The van der Waals surface area contributed by atoms with Crippen molar-refractivity contribution in [3.8, 4) is 0 Å². The van der Waals surface area contributed by atoms with Crippen LogP contribution in [0.2, 0.25) is 0 Å². The molecule has 0 amide bonds. The van der Waals surface area contributed by atoms with Gasteiger partial charge in [0.25, 0.3) is 0 Å². The fourth-order valence-corrected chi connectivity index (χ4v) is 4.59. The summed E-state index contributed by atoms with van der Waals surface area (Å²) in [6.45, 7) is 10.3. The molecule has 0 radical (unpaired) electrons. The molecule has 1 saturated heterocycles. The number of hydrogen-bond donors (Lipinski definition) is 1. The summed E-state index contributed by atoms with van der Waals surface area (Å²) in [5.41, 5.74) is -2.39. The van der Waals surface area contributed by atoms with Gasteiger partial charge < -0.3 is 26.6 Å². The number of piperidine rings is 1. The summed E-state index contributed by atoms with van der Waals surface area (Å²) >= 11 is 9.95.